The van der Waals surface area contributed by atoms with Crippen LogP contribution in [0.25, 0.3) is 0 Å². The maximum atomic E-state index is 13.2. The Morgan fingerprint density at radius 3 is 2.44 bits per heavy atom. The number of hydrogen-bond acceptors (Lipinski definition) is 5. The molecule has 0 spiro atoms. The van der Waals surface area contributed by atoms with E-state index in [9.17, 15) is 18.4 Å². The lowest BCUT2D eigenvalue weighted by Gasteiger charge is -2.31. The molecule has 2 heterocycles. The Kier molecular flexibility index (Phi) is 9.26. The topological polar surface area (TPSA) is 73.5 Å². The van der Waals surface area contributed by atoms with Crippen LogP contribution in [0.5, 0.6) is 0 Å². The van der Waals surface area contributed by atoms with Crippen LogP contribution >= 0.6 is 0 Å². The van der Waals surface area contributed by atoms with Crippen molar-refractivity contribution >= 4 is 23.2 Å². The second-order valence-corrected chi connectivity index (χ2v) is 8.97. The summed E-state index contributed by atoms with van der Waals surface area (Å²) in [6.45, 7) is 2.90. The maximum Gasteiger partial charge on any atom is 0.250 e. The number of carbonyl (C=O) groups excluding carboxylic acids is 2. The molecule has 0 bridgehead atoms. The highest BCUT2D eigenvalue weighted by atomic mass is 19.3. The highest BCUT2D eigenvalue weighted by molar-refractivity contribution is 6.01. The molecular weight excluding hydrogens is 414 g/mol. The minimum absolute atomic E-state index is 0.00981. The number of amides is 2. The van der Waals surface area contributed by atoms with Crippen LogP contribution in [-0.4, -0.2) is 54.9 Å². The van der Waals surface area contributed by atoms with Crippen LogP contribution in [0.3, 0.4) is 0 Å². The zero-order valence-corrected chi connectivity index (χ0v) is 18.8. The molecule has 3 rings (SSSR count). The average molecular weight is 451 g/mol. The van der Waals surface area contributed by atoms with E-state index < -0.39 is 5.92 Å². The van der Waals surface area contributed by atoms with Crippen LogP contribution in [-0.2, 0) is 9.59 Å². The largest absolute Gasteiger partial charge is 0.385 e. The van der Waals surface area contributed by atoms with Gasteiger partial charge in [0, 0.05) is 50.3 Å². The summed E-state index contributed by atoms with van der Waals surface area (Å²) in [6.07, 6.45) is 7.78. The zero-order valence-electron chi connectivity index (χ0n) is 18.8. The monoisotopic (exact) mass is 450 g/mol. The quantitative estimate of drug-likeness (QED) is 0.325. The Balaban J connectivity index is 1.21. The van der Waals surface area contributed by atoms with E-state index in [-0.39, 0.29) is 30.7 Å². The predicted octanol–water partition coefficient (Wildman–Crippen LogP) is 4.39. The molecule has 3 N–H and O–H groups in total. The van der Waals surface area contributed by atoms with Crippen molar-refractivity contribution in [2.75, 3.05) is 36.8 Å². The number of hydrogen-bond donors (Lipinski definition) is 3. The van der Waals surface area contributed by atoms with Crippen LogP contribution in [0.2, 0.25) is 0 Å². The molecule has 2 amide bonds. The Morgan fingerprint density at radius 2 is 1.69 bits per heavy atom. The van der Waals surface area contributed by atoms with Crippen molar-refractivity contribution in [2.24, 2.45) is 0 Å². The van der Waals surface area contributed by atoms with Gasteiger partial charge in [0.05, 0.1) is 0 Å². The first-order valence-electron chi connectivity index (χ1n) is 12.0. The summed E-state index contributed by atoms with van der Waals surface area (Å²) in [5, 5.41) is 9.00. The number of unbranched alkanes of at least 4 members (excludes halogenated alkanes) is 5. The Hall–Kier alpha value is -2.22. The van der Waals surface area contributed by atoms with E-state index in [1.165, 1.54) is 12.8 Å². The van der Waals surface area contributed by atoms with Crippen LogP contribution in [0.1, 0.15) is 64.2 Å². The van der Waals surface area contributed by atoms with Gasteiger partial charge in [-0.05, 0) is 44.0 Å². The minimum Gasteiger partial charge on any atom is -0.385 e. The van der Waals surface area contributed by atoms with Gasteiger partial charge >= 0.3 is 0 Å². The van der Waals surface area contributed by atoms with Crippen molar-refractivity contribution in [2.45, 2.75) is 76.2 Å². The number of piperidine rings is 2. The standard InChI is InChI=1S/C24H36F2N4O2/c25-24(26)12-16-30(17-13-24)15-6-4-2-1-3-5-14-27-19-8-7-9-20(18-19)28-21-10-11-22(31)29-23(21)32/h7-9,18,21,27-28H,1-6,10-17H2,(H,29,31,32). The number of rotatable bonds is 12. The molecule has 6 nitrogen and oxygen atoms in total. The number of nitrogens with zero attached hydrogens (tertiary/aromatic N) is 1. The van der Waals surface area contributed by atoms with Gasteiger partial charge < -0.3 is 15.5 Å². The molecule has 8 heteroatoms. The SMILES string of the molecule is O=C1CCC(Nc2cccc(NCCCCCCCCN3CCC(F)(F)CC3)c2)C(=O)N1. The van der Waals surface area contributed by atoms with Gasteiger partial charge in [-0.15, -0.1) is 0 Å². The average Bonchev–Trinajstić information content (AvgIpc) is 2.76. The van der Waals surface area contributed by atoms with E-state index in [4.69, 9.17) is 0 Å². The number of nitrogens with one attached hydrogen (secondary N) is 3. The summed E-state index contributed by atoms with van der Waals surface area (Å²) < 4.78 is 26.3. The van der Waals surface area contributed by atoms with E-state index >= 15 is 0 Å². The second kappa shape index (κ2) is 12.1. The van der Waals surface area contributed by atoms with Crippen molar-refractivity contribution in [1.29, 1.82) is 0 Å². The van der Waals surface area contributed by atoms with Gasteiger partial charge in [-0.1, -0.05) is 31.7 Å². The third-order valence-corrected chi connectivity index (χ3v) is 6.26. The highest BCUT2D eigenvalue weighted by Crippen LogP contribution is 2.27. The molecule has 1 unspecified atom stereocenters. The van der Waals surface area contributed by atoms with Crippen molar-refractivity contribution in [3.05, 3.63) is 24.3 Å². The third-order valence-electron chi connectivity index (χ3n) is 6.26. The van der Waals surface area contributed by atoms with Crippen LogP contribution < -0.4 is 16.0 Å². The first-order chi connectivity index (χ1) is 15.4. The molecule has 1 aromatic rings. The zero-order chi connectivity index (χ0) is 22.8. The first kappa shape index (κ1) is 24.4. The second-order valence-electron chi connectivity index (χ2n) is 8.97. The first-order valence-corrected chi connectivity index (χ1v) is 12.0. The molecule has 0 aliphatic carbocycles. The minimum atomic E-state index is -2.45. The third kappa shape index (κ3) is 8.37. The molecule has 0 radical (unpaired) electrons. The van der Waals surface area contributed by atoms with Gasteiger partial charge in [0.2, 0.25) is 11.8 Å². The van der Waals surface area contributed by atoms with Crippen molar-refractivity contribution < 1.29 is 18.4 Å². The molecule has 32 heavy (non-hydrogen) atoms. The van der Waals surface area contributed by atoms with E-state index in [1.54, 1.807) is 0 Å². The van der Waals surface area contributed by atoms with Gasteiger partial charge in [0.25, 0.3) is 5.92 Å². The Labute approximate surface area is 189 Å². The van der Waals surface area contributed by atoms with E-state index in [0.29, 0.717) is 25.9 Å². The fourth-order valence-electron chi connectivity index (χ4n) is 4.26. The highest BCUT2D eigenvalue weighted by Gasteiger charge is 2.33. The molecular formula is C24H36F2N4O2. The predicted molar refractivity (Wildman–Crippen MR) is 123 cm³/mol. The lowest BCUT2D eigenvalue weighted by atomic mass is 10.1. The van der Waals surface area contributed by atoms with E-state index in [0.717, 1.165) is 50.1 Å². The molecule has 1 aromatic carbocycles. The molecule has 0 aromatic heterocycles. The van der Waals surface area contributed by atoms with Crippen molar-refractivity contribution in [3.63, 3.8) is 0 Å². The number of carbonyl (C=O) groups is 2. The number of alkyl halides is 2. The van der Waals surface area contributed by atoms with Crippen LogP contribution in [0.4, 0.5) is 20.2 Å². The molecule has 2 fully saturated rings. The van der Waals surface area contributed by atoms with Crippen LogP contribution in [0, 0.1) is 0 Å². The number of benzene rings is 1. The summed E-state index contributed by atoms with van der Waals surface area (Å²) in [4.78, 5) is 25.3. The summed E-state index contributed by atoms with van der Waals surface area (Å²) >= 11 is 0. The van der Waals surface area contributed by atoms with Crippen molar-refractivity contribution in [1.82, 2.24) is 10.2 Å². The number of halogens is 2. The van der Waals surface area contributed by atoms with Crippen molar-refractivity contribution in [3.8, 4) is 0 Å². The maximum absolute atomic E-state index is 13.2. The molecule has 2 aliphatic heterocycles. The number of likely N-dealkylation sites (tertiary alicyclic amines) is 1. The number of anilines is 2. The van der Waals surface area contributed by atoms with Crippen LogP contribution in [0.15, 0.2) is 24.3 Å². The summed E-state index contributed by atoms with van der Waals surface area (Å²) in [5.41, 5.74) is 1.87. The lowest BCUT2D eigenvalue weighted by molar-refractivity contribution is -0.133. The Bertz CT molecular complexity index is 749. The normalized spacial score (nSPS) is 21.2. The summed E-state index contributed by atoms with van der Waals surface area (Å²) in [7, 11) is 0. The van der Waals surface area contributed by atoms with Gasteiger partial charge in [-0.2, -0.15) is 0 Å². The number of imide groups is 1. The van der Waals surface area contributed by atoms with Gasteiger partial charge in [0.15, 0.2) is 0 Å². The summed E-state index contributed by atoms with van der Waals surface area (Å²) in [6, 6.07) is 7.48. The summed E-state index contributed by atoms with van der Waals surface area (Å²) in [5.74, 6) is -2.93. The molecule has 2 saturated heterocycles. The van der Waals surface area contributed by atoms with Gasteiger partial charge in [-0.25, -0.2) is 8.78 Å². The molecule has 178 valence electrons. The fourth-order valence-corrected chi connectivity index (χ4v) is 4.26. The molecule has 1 atom stereocenters. The van der Waals surface area contributed by atoms with E-state index in [1.807, 2.05) is 24.3 Å². The van der Waals surface area contributed by atoms with Gasteiger partial charge in [-0.3, -0.25) is 14.9 Å². The fraction of sp³-hybridized carbons (Fsp3) is 0.667. The lowest BCUT2D eigenvalue weighted by Crippen LogP contribution is -2.47. The molecule has 2 aliphatic rings. The van der Waals surface area contributed by atoms with E-state index in [2.05, 4.69) is 20.9 Å². The molecule has 0 saturated carbocycles. The Morgan fingerprint density at radius 1 is 1.00 bits per heavy atom. The smallest absolute Gasteiger partial charge is 0.250 e. The van der Waals surface area contributed by atoms with Gasteiger partial charge in [0.1, 0.15) is 6.04 Å².